The van der Waals surface area contributed by atoms with Crippen LogP contribution in [0.25, 0.3) is 6.08 Å². The second-order valence-electron chi connectivity index (χ2n) is 6.19. The highest BCUT2D eigenvalue weighted by molar-refractivity contribution is 7.89. The van der Waals surface area contributed by atoms with Gasteiger partial charge in [-0.2, -0.15) is 0 Å². The lowest BCUT2D eigenvalue weighted by atomic mass is 10.2. The Labute approximate surface area is 184 Å². The summed E-state index contributed by atoms with van der Waals surface area (Å²) in [6, 6.07) is 14.2. The van der Waals surface area contributed by atoms with E-state index in [0.29, 0.717) is 21.3 Å². The summed E-state index contributed by atoms with van der Waals surface area (Å²) in [4.78, 5) is 16.0. The predicted molar refractivity (Wildman–Crippen MR) is 119 cm³/mol. The van der Waals surface area contributed by atoms with Gasteiger partial charge in [-0.25, -0.2) is 13.1 Å². The number of hydrogen-bond donors (Lipinski definition) is 2. The fraction of sp³-hybridized carbons (Fsp3) is 0.0476. The first-order valence-electron chi connectivity index (χ1n) is 8.76. The molecule has 0 aliphatic heterocycles. The lowest BCUT2D eigenvalue weighted by Gasteiger charge is -2.09. The van der Waals surface area contributed by atoms with Crippen LogP contribution in [0.2, 0.25) is 10.0 Å². The number of sulfonamides is 1. The van der Waals surface area contributed by atoms with Gasteiger partial charge in [0, 0.05) is 40.7 Å². The number of carbonyl (C=O) groups excluding carboxylic acids is 1. The van der Waals surface area contributed by atoms with Crippen molar-refractivity contribution in [2.24, 2.45) is 0 Å². The molecule has 0 aliphatic rings. The van der Waals surface area contributed by atoms with Gasteiger partial charge in [0.25, 0.3) is 0 Å². The van der Waals surface area contributed by atoms with E-state index in [1.165, 1.54) is 30.3 Å². The molecular formula is C21H17Cl2N3O3S. The van der Waals surface area contributed by atoms with Crippen LogP contribution < -0.4 is 10.0 Å². The summed E-state index contributed by atoms with van der Waals surface area (Å²) >= 11 is 11.9. The van der Waals surface area contributed by atoms with Gasteiger partial charge in [-0.1, -0.05) is 29.3 Å². The SMILES string of the molecule is O=C(/C=C/c1ccncc1)Nc1ccc(S(=O)(=O)NCc2ccc(Cl)cc2Cl)cc1. The van der Waals surface area contributed by atoms with E-state index in [2.05, 4.69) is 15.0 Å². The molecule has 30 heavy (non-hydrogen) atoms. The van der Waals surface area contributed by atoms with Crippen molar-refractivity contribution in [3.63, 3.8) is 0 Å². The Kier molecular flexibility index (Phi) is 7.23. The summed E-state index contributed by atoms with van der Waals surface area (Å²) in [6.45, 7) is 0.0244. The summed E-state index contributed by atoms with van der Waals surface area (Å²) < 4.78 is 27.5. The molecule has 0 atom stereocenters. The smallest absolute Gasteiger partial charge is 0.248 e. The molecule has 6 nitrogen and oxygen atoms in total. The van der Waals surface area contributed by atoms with E-state index < -0.39 is 10.0 Å². The van der Waals surface area contributed by atoms with Gasteiger partial charge in [-0.15, -0.1) is 0 Å². The minimum absolute atomic E-state index is 0.0244. The minimum atomic E-state index is -3.75. The van der Waals surface area contributed by atoms with Crippen LogP contribution in [0.5, 0.6) is 0 Å². The number of carbonyl (C=O) groups is 1. The fourth-order valence-corrected chi connectivity index (χ4v) is 3.95. The molecule has 154 valence electrons. The number of nitrogens with zero attached hydrogens (tertiary/aromatic N) is 1. The number of nitrogens with one attached hydrogen (secondary N) is 2. The van der Waals surface area contributed by atoms with Gasteiger partial charge in [-0.05, 0) is 65.7 Å². The van der Waals surface area contributed by atoms with Gasteiger partial charge in [0.2, 0.25) is 15.9 Å². The molecule has 0 unspecified atom stereocenters. The number of anilines is 1. The Hall–Kier alpha value is -2.71. The first kappa shape index (κ1) is 22.0. The molecule has 1 amide bonds. The number of pyridine rings is 1. The highest BCUT2D eigenvalue weighted by atomic mass is 35.5. The predicted octanol–water partition coefficient (Wildman–Crippen LogP) is 4.52. The number of rotatable bonds is 7. The van der Waals surface area contributed by atoms with Crippen LogP contribution in [0.1, 0.15) is 11.1 Å². The molecule has 3 rings (SSSR count). The van der Waals surface area contributed by atoms with E-state index in [0.717, 1.165) is 5.56 Å². The monoisotopic (exact) mass is 461 g/mol. The third kappa shape index (κ3) is 6.14. The maximum absolute atomic E-state index is 12.5. The van der Waals surface area contributed by atoms with Gasteiger partial charge >= 0.3 is 0 Å². The molecule has 0 spiro atoms. The molecule has 3 aromatic rings. The molecule has 2 aromatic carbocycles. The summed E-state index contributed by atoms with van der Waals surface area (Å²) in [6.07, 6.45) is 6.30. The van der Waals surface area contributed by atoms with E-state index in [9.17, 15) is 13.2 Å². The maximum Gasteiger partial charge on any atom is 0.248 e. The first-order chi connectivity index (χ1) is 14.3. The Morgan fingerprint density at radius 2 is 1.70 bits per heavy atom. The minimum Gasteiger partial charge on any atom is -0.323 e. The molecule has 0 saturated heterocycles. The van der Waals surface area contributed by atoms with Crippen LogP contribution in [-0.4, -0.2) is 19.3 Å². The van der Waals surface area contributed by atoms with Gasteiger partial charge < -0.3 is 5.32 Å². The van der Waals surface area contributed by atoms with Crippen LogP contribution in [0.15, 0.2) is 78.0 Å². The van der Waals surface area contributed by atoms with Crippen molar-refractivity contribution in [3.05, 3.63) is 94.2 Å². The van der Waals surface area contributed by atoms with E-state index in [-0.39, 0.29) is 17.3 Å². The molecule has 0 bridgehead atoms. The lowest BCUT2D eigenvalue weighted by molar-refractivity contribution is -0.111. The highest BCUT2D eigenvalue weighted by Crippen LogP contribution is 2.21. The second-order valence-corrected chi connectivity index (χ2v) is 8.80. The normalized spacial score (nSPS) is 11.5. The zero-order valence-corrected chi connectivity index (χ0v) is 17.9. The molecule has 0 radical (unpaired) electrons. The van der Waals surface area contributed by atoms with Crippen molar-refractivity contribution in [2.75, 3.05) is 5.32 Å². The Morgan fingerprint density at radius 1 is 1.00 bits per heavy atom. The third-order valence-electron chi connectivity index (χ3n) is 4.03. The van der Waals surface area contributed by atoms with E-state index in [1.54, 1.807) is 48.8 Å². The molecular weight excluding hydrogens is 445 g/mol. The average Bonchev–Trinajstić information content (AvgIpc) is 2.73. The summed E-state index contributed by atoms with van der Waals surface area (Å²) in [5.74, 6) is -0.335. The van der Waals surface area contributed by atoms with Gasteiger partial charge in [0.1, 0.15) is 0 Å². The van der Waals surface area contributed by atoms with Crippen molar-refractivity contribution in [2.45, 2.75) is 11.4 Å². The van der Waals surface area contributed by atoms with Crippen molar-refractivity contribution in [1.29, 1.82) is 0 Å². The number of aromatic nitrogens is 1. The van der Waals surface area contributed by atoms with Crippen molar-refractivity contribution >= 4 is 50.9 Å². The number of amides is 1. The van der Waals surface area contributed by atoms with Gasteiger partial charge in [0.05, 0.1) is 4.90 Å². The summed E-state index contributed by atoms with van der Waals surface area (Å²) in [5.41, 5.74) is 1.92. The average molecular weight is 462 g/mol. The van der Waals surface area contributed by atoms with Crippen molar-refractivity contribution in [3.8, 4) is 0 Å². The standard InChI is InChI=1S/C21H17Cl2N3O3S/c22-17-3-2-16(20(23)13-17)14-25-30(28,29)19-6-4-18(5-7-19)26-21(27)8-1-15-9-11-24-12-10-15/h1-13,25H,14H2,(H,26,27)/b8-1+. The van der Waals surface area contributed by atoms with Crippen LogP contribution in [-0.2, 0) is 21.4 Å². The van der Waals surface area contributed by atoms with Gasteiger partial charge in [0.15, 0.2) is 0 Å². The van der Waals surface area contributed by atoms with Crippen LogP contribution in [0, 0.1) is 0 Å². The molecule has 1 heterocycles. The second kappa shape index (κ2) is 9.86. The van der Waals surface area contributed by atoms with E-state index >= 15 is 0 Å². The largest absolute Gasteiger partial charge is 0.323 e. The molecule has 9 heteroatoms. The molecule has 0 aliphatic carbocycles. The van der Waals surface area contributed by atoms with Crippen molar-refractivity contribution in [1.82, 2.24) is 9.71 Å². The zero-order chi connectivity index (χ0) is 21.6. The Bertz CT molecular complexity index is 1170. The van der Waals surface area contributed by atoms with E-state index in [1.807, 2.05) is 0 Å². The van der Waals surface area contributed by atoms with Gasteiger partial charge in [-0.3, -0.25) is 9.78 Å². The first-order valence-corrected chi connectivity index (χ1v) is 11.0. The molecule has 1 aromatic heterocycles. The van der Waals surface area contributed by atoms with Crippen LogP contribution in [0.4, 0.5) is 5.69 Å². The number of benzene rings is 2. The third-order valence-corrected chi connectivity index (χ3v) is 6.04. The Morgan fingerprint density at radius 3 is 2.37 bits per heavy atom. The Balaban J connectivity index is 1.61. The van der Waals surface area contributed by atoms with Crippen LogP contribution in [0.3, 0.4) is 0 Å². The fourth-order valence-electron chi connectivity index (χ4n) is 2.47. The highest BCUT2D eigenvalue weighted by Gasteiger charge is 2.14. The zero-order valence-electron chi connectivity index (χ0n) is 15.5. The maximum atomic E-state index is 12.5. The molecule has 0 saturated carbocycles. The quantitative estimate of drug-likeness (QED) is 0.506. The lowest BCUT2D eigenvalue weighted by Crippen LogP contribution is -2.23. The van der Waals surface area contributed by atoms with E-state index in [4.69, 9.17) is 23.2 Å². The molecule has 2 N–H and O–H groups in total. The molecule has 0 fully saturated rings. The summed E-state index contributed by atoms with van der Waals surface area (Å²) in [5, 5.41) is 3.52. The van der Waals surface area contributed by atoms with Crippen LogP contribution >= 0.6 is 23.2 Å². The number of hydrogen-bond acceptors (Lipinski definition) is 4. The number of halogens is 2. The summed E-state index contributed by atoms with van der Waals surface area (Å²) in [7, 11) is -3.75. The van der Waals surface area contributed by atoms with Crippen molar-refractivity contribution < 1.29 is 13.2 Å². The topological polar surface area (TPSA) is 88.2 Å².